The number of rotatable bonds is 5. The van der Waals surface area contributed by atoms with Crippen LogP contribution in [0, 0.1) is 0 Å². The fourth-order valence-electron chi connectivity index (χ4n) is 2.13. The molecule has 5 nitrogen and oxygen atoms in total. The van der Waals surface area contributed by atoms with Gasteiger partial charge in [-0.25, -0.2) is 4.98 Å². The van der Waals surface area contributed by atoms with Crippen LogP contribution in [-0.2, 0) is 4.74 Å². The van der Waals surface area contributed by atoms with Gasteiger partial charge in [-0.15, -0.1) is 22.7 Å². The van der Waals surface area contributed by atoms with E-state index in [2.05, 4.69) is 15.2 Å². The lowest BCUT2D eigenvalue weighted by Crippen LogP contribution is -2.41. The Labute approximate surface area is 131 Å². The molecule has 0 atom stereocenters. The summed E-state index contributed by atoms with van der Waals surface area (Å²) in [5, 5.41) is 7.67. The molecule has 1 aliphatic heterocycles. The SMILES string of the molecule is O=C(NCCN1CCOCC1)c1csc(-c2cccs2)n1. The van der Waals surface area contributed by atoms with Crippen LogP contribution in [0.15, 0.2) is 22.9 Å². The number of nitrogens with zero attached hydrogens (tertiary/aromatic N) is 2. The third kappa shape index (κ3) is 3.88. The summed E-state index contributed by atoms with van der Waals surface area (Å²) in [7, 11) is 0. The molecule has 21 heavy (non-hydrogen) atoms. The Kier molecular flexibility index (Phi) is 4.97. The fourth-order valence-corrected chi connectivity index (χ4v) is 3.75. The highest BCUT2D eigenvalue weighted by molar-refractivity contribution is 7.20. The van der Waals surface area contributed by atoms with E-state index in [9.17, 15) is 4.79 Å². The highest BCUT2D eigenvalue weighted by Gasteiger charge is 2.13. The van der Waals surface area contributed by atoms with E-state index in [0.717, 1.165) is 42.7 Å². The monoisotopic (exact) mass is 323 g/mol. The molecule has 2 aromatic heterocycles. The highest BCUT2D eigenvalue weighted by atomic mass is 32.1. The molecule has 0 spiro atoms. The van der Waals surface area contributed by atoms with Crippen LogP contribution in [0.3, 0.4) is 0 Å². The van der Waals surface area contributed by atoms with Gasteiger partial charge in [0.15, 0.2) is 0 Å². The van der Waals surface area contributed by atoms with Gasteiger partial charge in [0.05, 0.1) is 18.1 Å². The summed E-state index contributed by atoms with van der Waals surface area (Å²) in [6.07, 6.45) is 0. The van der Waals surface area contributed by atoms with Crippen molar-refractivity contribution in [1.82, 2.24) is 15.2 Å². The lowest BCUT2D eigenvalue weighted by Gasteiger charge is -2.26. The molecule has 7 heteroatoms. The van der Waals surface area contributed by atoms with Crippen molar-refractivity contribution in [1.29, 1.82) is 0 Å². The van der Waals surface area contributed by atoms with Crippen LogP contribution in [-0.4, -0.2) is 55.2 Å². The number of hydrogen-bond acceptors (Lipinski definition) is 6. The van der Waals surface area contributed by atoms with Gasteiger partial charge in [0, 0.05) is 31.6 Å². The van der Waals surface area contributed by atoms with Crippen molar-refractivity contribution in [2.75, 3.05) is 39.4 Å². The molecule has 1 saturated heterocycles. The summed E-state index contributed by atoms with van der Waals surface area (Å²) in [4.78, 5) is 19.9. The largest absolute Gasteiger partial charge is 0.379 e. The van der Waals surface area contributed by atoms with Gasteiger partial charge in [-0.2, -0.15) is 0 Å². The number of carbonyl (C=O) groups excluding carboxylic acids is 1. The topological polar surface area (TPSA) is 54.5 Å². The number of ether oxygens (including phenoxy) is 1. The van der Waals surface area contributed by atoms with E-state index in [4.69, 9.17) is 4.74 Å². The van der Waals surface area contributed by atoms with Crippen LogP contribution in [0.4, 0.5) is 0 Å². The first-order valence-electron chi connectivity index (χ1n) is 6.90. The third-order valence-electron chi connectivity index (χ3n) is 3.29. The molecule has 1 amide bonds. The zero-order valence-corrected chi connectivity index (χ0v) is 13.2. The molecule has 3 heterocycles. The van der Waals surface area contributed by atoms with Crippen LogP contribution in [0.25, 0.3) is 9.88 Å². The lowest BCUT2D eigenvalue weighted by atomic mass is 10.4. The van der Waals surface area contributed by atoms with E-state index in [0.29, 0.717) is 12.2 Å². The molecular weight excluding hydrogens is 306 g/mol. The van der Waals surface area contributed by atoms with E-state index < -0.39 is 0 Å². The summed E-state index contributed by atoms with van der Waals surface area (Å²) in [5.74, 6) is -0.0951. The molecule has 2 aromatic rings. The molecule has 0 unspecified atom stereocenters. The number of nitrogens with one attached hydrogen (secondary N) is 1. The van der Waals surface area contributed by atoms with Crippen molar-refractivity contribution in [2.24, 2.45) is 0 Å². The Morgan fingerprint density at radius 2 is 2.24 bits per heavy atom. The summed E-state index contributed by atoms with van der Waals surface area (Å²) in [5.41, 5.74) is 0.505. The smallest absolute Gasteiger partial charge is 0.270 e. The Morgan fingerprint density at radius 3 is 3.00 bits per heavy atom. The Bertz CT molecular complexity index is 577. The average molecular weight is 323 g/mol. The van der Waals surface area contributed by atoms with Crippen molar-refractivity contribution in [3.05, 3.63) is 28.6 Å². The zero-order chi connectivity index (χ0) is 14.5. The predicted molar refractivity (Wildman–Crippen MR) is 85.0 cm³/mol. The normalized spacial score (nSPS) is 16.0. The van der Waals surface area contributed by atoms with Crippen LogP contribution < -0.4 is 5.32 Å². The van der Waals surface area contributed by atoms with Gasteiger partial charge in [-0.1, -0.05) is 6.07 Å². The Balaban J connectivity index is 1.49. The highest BCUT2D eigenvalue weighted by Crippen LogP contribution is 2.27. The first-order chi connectivity index (χ1) is 10.3. The summed E-state index contributed by atoms with van der Waals surface area (Å²) >= 11 is 3.14. The fraction of sp³-hybridized carbons (Fsp3) is 0.429. The van der Waals surface area contributed by atoms with E-state index >= 15 is 0 Å². The second-order valence-corrected chi connectivity index (χ2v) is 6.53. The number of hydrogen-bond donors (Lipinski definition) is 1. The second kappa shape index (κ2) is 7.13. The van der Waals surface area contributed by atoms with E-state index in [1.807, 2.05) is 22.9 Å². The third-order valence-corrected chi connectivity index (χ3v) is 5.17. The molecule has 0 aromatic carbocycles. The first-order valence-corrected chi connectivity index (χ1v) is 8.66. The minimum atomic E-state index is -0.0951. The molecule has 3 rings (SSSR count). The van der Waals surface area contributed by atoms with Gasteiger partial charge >= 0.3 is 0 Å². The van der Waals surface area contributed by atoms with E-state index in [1.54, 1.807) is 11.3 Å². The molecular formula is C14H17N3O2S2. The molecule has 1 aliphatic rings. The van der Waals surface area contributed by atoms with Gasteiger partial charge in [-0.3, -0.25) is 9.69 Å². The van der Waals surface area contributed by atoms with Gasteiger partial charge in [0.25, 0.3) is 5.91 Å². The van der Waals surface area contributed by atoms with Crippen LogP contribution >= 0.6 is 22.7 Å². The van der Waals surface area contributed by atoms with Crippen LogP contribution in [0.1, 0.15) is 10.5 Å². The van der Waals surface area contributed by atoms with Crippen molar-refractivity contribution < 1.29 is 9.53 Å². The quantitative estimate of drug-likeness (QED) is 0.913. The molecule has 1 N–H and O–H groups in total. The van der Waals surface area contributed by atoms with Crippen molar-refractivity contribution in [3.63, 3.8) is 0 Å². The van der Waals surface area contributed by atoms with Gasteiger partial charge < -0.3 is 10.1 Å². The average Bonchev–Trinajstić information content (AvgIpc) is 3.19. The minimum absolute atomic E-state index is 0.0951. The number of morpholine rings is 1. The molecule has 0 aliphatic carbocycles. The number of carbonyl (C=O) groups is 1. The number of aromatic nitrogens is 1. The number of thiophene rings is 1. The van der Waals surface area contributed by atoms with E-state index in [1.165, 1.54) is 11.3 Å². The van der Waals surface area contributed by atoms with Crippen molar-refractivity contribution >= 4 is 28.6 Å². The first kappa shape index (κ1) is 14.6. The van der Waals surface area contributed by atoms with Crippen LogP contribution in [0.5, 0.6) is 0 Å². The van der Waals surface area contributed by atoms with Gasteiger partial charge in [0.2, 0.25) is 0 Å². The summed E-state index contributed by atoms with van der Waals surface area (Å²) in [6, 6.07) is 4.01. The predicted octanol–water partition coefficient (Wildman–Crippen LogP) is 1.93. The summed E-state index contributed by atoms with van der Waals surface area (Å²) in [6.45, 7) is 4.94. The van der Waals surface area contributed by atoms with Gasteiger partial charge in [-0.05, 0) is 11.4 Å². The maximum Gasteiger partial charge on any atom is 0.270 e. The maximum atomic E-state index is 12.1. The standard InChI is InChI=1S/C14H17N3O2S2/c18-13(15-3-4-17-5-7-19-8-6-17)11-10-21-14(16-11)12-2-1-9-20-12/h1-2,9-10H,3-8H2,(H,15,18). The Morgan fingerprint density at radius 1 is 1.38 bits per heavy atom. The zero-order valence-electron chi connectivity index (χ0n) is 11.6. The molecule has 1 fully saturated rings. The number of amides is 1. The number of thiazole rings is 1. The maximum absolute atomic E-state index is 12.1. The minimum Gasteiger partial charge on any atom is -0.379 e. The second-order valence-electron chi connectivity index (χ2n) is 4.73. The van der Waals surface area contributed by atoms with Gasteiger partial charge in [0.1, 0.15) is 10.7 Å². The Hall–Kier alpha value is -1.28. The molecule has 0 bridgehead atoms. The molecule has 112 valence electrons. The molecule has 0 radical (unpaired) electrons. The van der Waals surface area contributed by atoms with Crippen molar-refractivity contribution in [3.8, 4) is 9.88 Å². The molecule has 0 saturated carbocycles. The summed E-state index contributed by atoms with van der Waals surface area (Å²) < 4.78 is 5.30. The van der Waals surface area contributed by atoms with Crippen LogP contribution in [0.2, 0.25) is 0 Å². The van der Waals surface area contributed by atoms with Crippen molar-refractivity contribution in [2.45, 2.75) is 0 Å². The van der Waals surface area contributed by atoms with E-state index in [-0.39, 0.29) is 5.91 Å². The lowest BCUT2D eigenvalue weighted by molar-refractivity contribution is 0.0383.